The second-order valence-corrected chi connectivity index (χ2v) is 23.9. The molecule has 2 saturated heterocycles. The molecule has 5 rings (SSSR count). The summed E-state index contributed by atoms with van der Waals surface area (Å²) in [6.07, 6.45) is 20.8. The molecular weight excluding hydrogens is 746 g/mol. The maximum absolute atomic E-state index is 6.72. The molecule has 6 heteroatoms. The molecule has 2 aromatic carbocycles. The molecule has 342 valence electrons. The van der Waals surface area contributed by atoms with Crippen molar-refractivity contribution >= 4 is 25.2 Å². The van der Waals surface area contributed by atoms with E-state index in [1.54, 1.807) is 0 Å². The van der Waals surface area contributed by atoms with Gasteiger partial charge in [-0.05, 0) is 150 Å². The van der Waals surface area contributed by atoms with Crippen LogP contribution < -0.4 is 10.9 Å². The molecule has 4 nitrogen and oxygen atoms in total. The Hall–Kier alpha value is -1.59. The molecule has 0 saturated carbocycles. The van der Waals surface area contributed by atoms with Crippen molar-refractivity contribution in [2.45, 2.75) is 241 Å². The Balaban J connectivity index is 1.46. The molecule has 0 aromatic heterocycles. The second-order valence-electron chi connectivity index (χ2n) is 23.9. The summed E-state index contributed by atoms with van der Waals surface area (Å²) in [6, 6.07) is 14.3. The summed E-state index contributed by atoms with van der Waals surface area (Å²) in [6.45, 7) is 36.8. The van der Waals surface area contributed by atoms with Crippen molar-refractivity contribution in [1.29, 1.82) is 0 Å². The third kappa shape index (κ3) is 12.4. The van der Waals surface area contributed by atoms with Gasteiger partial charge in [0.1, 0.15) is 0 Å². The lowest BCUT2D eigenvalue weighted by molar-refractivity contribution is 0.00578. The molecule has 0 N–H and O–H groups in total. The van der Waals surface area contributed by atoms with E-state index in [-0.39, 0.29) is 19.7 Å². The van der Waals surface area contributed by atoms with E-state index >= 15 is 0 Å². The SMILES string of the molecule is CC(C)CCCC(C)CCCC(C)CCC1(CCC(C)CCCC(C)CCCC(C)C)c2cc(B3OC(C)(C)C(C)(C)O3)ccc2-c2ccc(B3OC(C)(C)C(C)(C)O3)cc21. The topological polar surface area (TPSA) is 36.9 Å². The Morgan fingerprint density at radius 2 is 0.672 bits per heavy atom. The standard InChI is InChI=1S/C55H92B2O4/c1-39(2)21-17-23-41(5)25-19-27-43(7)33-35-55(36-34-44(8)28-20-26-42(6)24-18-22-40(3)4)49-37-45(56-58-51(9,10)52(11,12)59-56)29-31-47(49)48-32-30-46(38-50(48)55)57-60-53(13,14)54(15,16)61-57/h29-32,37-44H,17-28,33-36H2,1-16H3. The van der Waals surface area contributed by atoms with E-state index < -0.39 is 22.4 Å². The van der Waals surface area contributed by atoms with Crippen LogP contribution in [0.25, 0.3) is 11.1 Å². The molecule has 0 radical (unpaired) electrons. The first-order valence-corrected chi connectivity index (χ1v) is 25.5. The quantitative estimate of drug-likeness (QED) is 0.0987. The fourth-order valence-electron chi connectivity index (χ4n) is 10.4. The number of fused-ring (bicyclic) bond motifs is 3. The monoisotopic (exact) mass is 839 g/mol. The highest BCUT2D eigenvalue weighted by molar-refractivity contribution is 6.62. The third-order valence-electron chi connectivity index (χ3n) is 16.3. The summed E-state index contributed by atoms with van der Waals surface area (Å²) in [7, 11) is -0.778. The predicted molar refractivity (Wildman–Crippen MR) is 264 cm³/mol. The molecule has 2 fully saturated rings. The van der Waals surface area contributed by atoms with Gasteiger partial charge in [-0.1, -0.05) is 169 Å². The van der Waals surface area contributed by atoms with Gasteiger partial charge in [0, 0.05) is 5.41 Å². The fourth-order valence-corrected chi connectivity index (χ4v) is 10.4. The Kier molecular flexibility index (Phi) is 17.1. The summed E-state index contributed by atoms with van der Waals surface area (Å²) < 4.78 is 26.9. The van der Waals surface area contributed by atoms with Crippen molar-refractivity contribution in [3.63, 3.8) is 0 Å². The van der Waals surface area contributed by atoms with E-state index in [0.29, 0.717) is 11.8 Å². The maximum atomic E-state index is 6.72. The minimum atomic E-state index is -0.392. The predicted octanol–water partition coefficient (Wildman–Crippen LogP) is 14.6. The van der Waals surface area contributed by atoms with Gasteiger partial charge in [-0.15, -0.1) is 0 Å². The first kappa shape index (κ1) is 50.4. The highest BCUT2D eigenvalue weighted by Crippen LogP contribution is 2.55. The van der Waals surface area contributed by atoms with E-state index in [2.05, 4.69) is 147 Å². The molecule has 1 aliphatic carbocycles. The first-order chi connectivity index (χ1) is 28.5. The van der Waals surface area contributed by atoms with E-state index in [9.17, 15) is 0 Å². The molecule has 61 heavy (non-hydrogen) atoms. The number of hydrogen-bond acceptors (Lipinski definition) is 4. The largest absolute Gasteiger partial charge is 0.494 e. The summed E-state index contributed by atoms with van der Waals surface area (Å²) >= 11 is 0. The Labute approximate surface area is 377 Å². The molecule has 4 unspecified atom stereocenters. The van der Waals surface area contributed by atoms with Crippen LogP contribution in [0.4, 0.5) is 0 Å². The molecule has 2 heterocycles. The van der Waals surface area contributed by atoms with Crippen molar-refractivity contribution in [2.24, 2.45) is 35.5 Å². The lowest BCUT2D eigenvalue weighted by atomic mass is 9.66. The van der Waals surface area contributed by atoms with Crippen LogP contribution >= 0.6 is 0 Å². The average molecular weight is 839 g/mol. The van der Waals surface area contributed by atoms with Crippen molar-refractivity contribution in [3.8, 4) is 11.1 Å². The van der Waals surface area contributed by atoms with E-state index in [1.165, 1.54) is 112 Å². The molecule has 3 aliphatic rings. The lowest BCUT2D eigenvalue weighted by Crippen LogP contribution is -2.41. The van der Waals surface area contributed by atoms with Crippen molar-refractivity contribution in [2.75, 3.05) is 0 Å². The fraction of sp³-hybridized carbons (Fsp3) is 0.782. The van der Waals surface area contributed by atoms with E-state index in [4.69, 9.17) is 18.6 Å². The van der Waals surface area contributed by atoms with Crippen LogP contribution in [-0.4, -0.2) is 36.6 Å². The van der Waals surface area contributed by atoms with Crippen LogP contribution in [-0.2, 0) is 24.0 Å². The number of hydrogen-bond donors (Lipinski definition) is 0. The van der Waals surface area contributed by atoms with Gasteiger partial charge in [0.05, 0.1) is 22.4 Å². The van der Waals surface area contributed by atoms with Gasteiger partial charge in [-0.25, -0.2) is 0 Å². The minimum Gasteiger partial charge on any atom is -0.399 e. The molecule has 4 atom stereocenters. The van der Waals surface area contributed by atoms with Gasteiger partial charge in [0.25, 0.3) is 0 Å². The zero-order chi connectivity index (χ0) is 45.0. The van der Waals surface area contributed by atoms with Gasteiger partial charge >= 0.3 is 14.2 Å². The van der Waals surface area contributed by atoms with E-state index in [1.807, 2.05) is 0 Å². The van der Waals surface area contributed by atoms with Gasteiger partial charge in [-0.3, -0.25) is 0 Å². The zero-order valence-corrected chi connectivity index (χ0v) is 42.5. The van der Waals surface area contributed by atoms with Crippen LogP contribution in [0.1, 0.15) is 225 Å². The summed E-state index contributed by atoms with van der Waals surface area (Å²) in [5, 5.41) is 0. The van der Waals surface area contributed by atoms with Gasteiger partial charge in [0.2, 0.25) is 0 Å². The van der Waals surface area contributed by atoms with Crippen molar-refractivity contribution in [1.82, 2.24) is 0 Å². The van der Waals surface area contributed by atoms with Gasteiger partial charge in [-0.2, -0.15) is 0 Å². The highest BCUT2D eigenvalue weighted by Gasteiger charge is 2.54. The van der Waals surface area contributed by atoms with Crippen LogP contribution in [0.15, 0.2) is 36.4 Å². The van der Waals surface area contributed by atoms with Gasteiger partial charge < -0.3 is 18.6 Å². The maximum Gasteiger partial charge on any atom is 0.494 e. The molecular formula is C55H92B2O4. The van der Waals surface area contributed by atoms with Gasteiger partial charge in [0.15, 0.2) is 0 Å². The average Bonchev–Trinajstić information content (AvgIpc) is 3.66. The van der Waals surface area contributed by atoms with Crippen LogP contribution in [0.5, 0.6) is 0 Å². The molecule has 2 aromatic rings. The second kappa shape index (κ2) is 20.7. The Morgan fingerprint density at radius 3 is 0.967 bits per heavy atom. The van der Waals surface area contributed by atoms with Crippen LogP contribution in [0.2, 0.25) is 0 Å². The van der Waals surface area contributed by atoms with Crippen molar-refractivity contribution in [3.05, 3.63) is 47.5 Å². The number of rotatable bonds is 24. The normalized spacial score (nSPS) is 21.5. The Bertz CT molecular complexity index is 1540. The summed E-state index contributed by atoms with van der Waals surface area (Å²) in [4.78, 5) is 0. The first-order valence-electron chi connectivity index (χ1n) is 25.5. The minimum absolute atomic E-state index is 0.124. The number of benzene rings is 2. The smallest absolute Gasteiger partial charge is 0.399 e. The summed E-state index contributed by atoms with van der Waals surface area (Å²) in [5.74, 6) is 4.58. The lowest BCUT2D eigenvalue weighted by Gasteiger charge is -2.35. The molecule has 0 bridgehead atoms. The molecule has 0 spiro atoms. The van der Waals surface area contributed by atoms with Crippen LogP contribution in [0.3, 0.4) is 0 Å². The Morgan fingerprint density at radius 1 is 0.393 bits per heavy atom. The van der Waals surface area contributed by atoms with Crippen LogP contribution in [0, 0.1) is 35.5 Å². The molecule has 0 amide bonds. The molecule has 2 aliphatic heterocycles. The third-order valence-corrected chi connectivity index (χ3v) is 16.3. The van der Waals surface area contributed by atoms with E-state index in [0.717, 1.165) is 47.4 Å². The zero-order valence-electron chi connectivity index (χ0n) is 42.5. The summed E-state index contributed by atoms with van der Waals surface area (Å²) in [5.41, 5.74) is 6.28. The van der Waals surface area contributed by atoms with Crippen molar-refractivity contribution < 1.29 is 18.6 Å². The highest BCUT2D eigenvalue weighted by atomic mass is 16.7.